The number of hydrogen-bond donors (Lipinski definition) is 2. The summed E-state index contributed by atoms with van der Waals surface area (Å²) in [5.41, 5.74) is 3.42. The Morgan fingerprint density at radius 3 is 2.33 bits per heavy atom. The summed E-state index contributed by atoms with van der Waals surface area (Å²) in [6.07, 6.45) is 0.814. The van der Waals surface area contributed by atoms with Gasteiger partial charge in [0.15, 0.2) is 0 Å². The molecule has 0 aromatic heterocycles. The lowest BCUT2D eigenvalue weighted by Gasteiger charge is -2.17. The molecule has 90 valence electrons. The fourth-order valence-electron chi connectivity index (χ4n) is 2.23. The quantitative estimate of drug-likeness (QED) is 0.753. The van der Waals surface area contributed by atoms with E-state index in [2.05, 4.69) is 41.0 Å². The molecule has 2 aromatic rings. The van der Waals surface area contributed by atoms with Crippen molar-refractivity contribution in [1.29, 1.82) is 0 Å². The summed E-state index contributed by atoms with van der Waals surface area (Å²) >= 11 is 5.39. The summed E-state index contributed by atoms with van der Waals surface area (Å²) in [7, 11) is 0. The highest BCUT2D eigenvalue weighted by atomic mass is 32.1. The fourth-order valence-corrected chi connectivity index (χ4v) is 2.51. The third-order valence-corrected chi connectivity index (χ3v) is 3.39. The summed E-state index contributed by atoms with van der Waals surface area (Å²) in [6.45, 7) is 0. The Morgan fingerprint density at radius 1 is 0.889 bits per heavy atom. The second-order valence-electron chi connectivity index (χ2n) is 4.41. The van der Waals surface area contributed by atoms with Gasteiger partial charge in [-0.3, -0.25) is 0 Å². The summed E-state index contributed by atoms with van der Waals surface area (Å²) in [5, 5.41) is 6.85. The van der Waals surface area contributed by atoms with Crippen LogP contribution in [0.4, 0.5) is 11.4 Å². The highest BCUT2D eigenvalue weighted by Crippen LogP contribution is 2.31. The lowest BCUT2D eigenvalue weighted by atomic mass is 10.0. The third-order valence-electron chi connectivity index (χ3n) is 3.12. The molecule has 3 rings (SSSR count). The molecular weight excluding hydrogens is 240 g/mol. The first kappa shape index (κ1) is 11.2. The van der Waals surface area contributed by atoms with Gasteiger partial charge in [0.05, 0.1) is 22.4 Å². The van der Waals surface area contributed by atoms with Crippen LogP contribution in [0.3, 0.4) is 0 Å². The van der Waals surface area contributed by atoms with Crippen LogP contribution in [0.1, 0.15) is 18.0 Å². The van der Waals surface area contributed by atoms with E-state index in [9.17, 15) is 0 Å². The first-order valence-electron chi connectivity index (χ1n) is 6.03. The summed E-state index contributed by atoms with van der Waals surface area (Å²) in [4.78, 5) is 0.876. The monoisotopic (exact) mass is 254 g/mol. The molecule has 1 heterocycles. The first-order valence-corrected chi connectivity index (χ1v) is 6.44. The van der Waals surface area contributed by atoms with E-state index in [0.29, 0.717) is 0 Å². The number of para-hydroxylation sites is 2. The van der Waals surface area contributed by atoms with Gasteiger partial charge in [-0.25, -0.2) is 0 Å². The van der Waals surface area contributed by atoms with Gasteiger partial charge in [-0.1, -0.05) is 54.7 Å². The van der Waals surface area contributed by atoms with Crippen molar-refractivity contribution in [3.05, 3.63) is 60.2 Å². The number of fused-ring (bicyclic) bond motifs is 1. The van der Waals surface area contributed by atoms with Crippen molar-refractivity contribution in [2.24, 2.45) is 0 Å². The SMILES string of the molecule is S=C1CC(c2ccccc2)Nc2ccccc2N1. The maximum absolute atomic E-state index is 5.39. The second kappa shape index (κ2) is 4.78. The van der Waals surface area contributed by atoms with Crippen molar-refractivity contribution in [2.45, 2.75) is 12.5 Å². The topological polar surface area (TPSA) is 24.1 Å². The molecule has 0 bridgehead atoms. The molecule has 0 radical (unpaired) electrons. The molecule has 18 heavy (non-hydrogen) atoms. The van der Waals surface area contributed by atoms with Crippen LogP contribution in [0.2, 0.25) is 0 Å². The molecular formula is C15H14N2S. The van der Waals surface area contributed by atoms with Gasteiger partial charge in [0.2, 0.25) is 0 Å². The Hall–Kier alpha value is -1.87. The van der Waals surface area contributed by atoms with Gasteiger partial charge in [0.1, 0.15) is 0 Å². The predicted molar refractivity (Wildman–Crippen MR) is 80.1 cm³/mol. The minimum absolute atomic E-state index is 0.231. The Kier molecular flexibility index (Phi) is 2.99. The van der Waals surface area contributed by atoms with Crippen molar-refractivity contribution < 1.29 is 0 Å². The van der Waals surface area contributed by atoms with Crippen molar-refractivity contribution in [3.8, 4) is 0 Å². The zero-order valence-corrected chi connectivity index (χ0v) is 10.7. The van der Waals surface area contributed by atoms with Crippen LogP contribution < -0.4 is 10.6 Å². The van der Waals surface area contributed by atoms with E-state index in [1.807, 2.05) is 24.3 Å². The van der Waals surface area contributed by atoms with Crippen molar-refractivity contribution in [3.63, 3.8) is 0 Å². The fraction of sp³-hybridized carbons (Fsp3) is 0.133. The number of nitrogens with one attached hydrogen (secondary N) is 2. The van der Waals surface area contributed by atoms with Gasteiger partial charge < -0.3 is 10.6 Å². The number of rotatable bonds is 1. The Balaban J connectivity index is 1.97. The summed E-state index contributed by atoms with van der Waals surface area (Å²) < 4.78 is 0. The largest absolute Gasteiger partial charge is 0.376 e. The van der Waals surface area contributed by atoms with E-state index < -0.39 is 0 Å². The standard InChI is InChI=1S/C15H14N2S/c18-15-10-14(11-6-2-1-3-7-11)16-12-8-4-5-9-13(12)17-15/h1-9,14,16H,10H2,(H,17,18). The normalized spacial score (nSPS) is 18.2. The zero-order chi connectivity index (χ0) is 12.4. The molecule has 1 atom stereocenters. The summed E-state index contributed by atoms with van der Waals surface area (Å²) in [5.74, 6) is 0. The maximum atomic E-state index is 5.39. The van der Waals surface area contributed by atoms with E-state index in [1.165, 1.54) is 5.56 Å². The van der Waals surface area contributed by atoms with Crippen molar-refractivity contribution in [1.82, 2.24) is 0 Å². The summed E-state index contributed by atoms with van der Waals surface area (Å²) in [6, 6.07) is 18.8. The predicted octanol–water partition coefficient (Wildman–Crippen LogP) is 3.98. The molecule has 0 saturated heterocycles. The van der Waals surface area contributed by atoms with Gasteiger partial charge >= 0.3 is 0 Å². The number of anilines is 2. The molecule has 1 aliphatic rings. The first-order chi connectivity index (χ1) is 8.83. The molecule has 2 aromatic carbocycles. The molecule has 0 fully saturated rings. The zero-order valence-electron chi connectivity index (χ0n) is 9.89. The molecule has 2 nitrogen and oxygen atoms in total. The number of thiocarbonyl (C=S) groups is 1. The van der Waals surface area contributed by atoms with Gasteiger partial charge in [-0.15, -0.1) is 0 Å². The average Bonchev–Trinajstić information content (AvgIpc) is 2.57. The highest BCUT2D eigenvalue weighted by molar-refractivity contribution is 7.80. The Morgan fingerprint density at radius 2 is 1.56 bits per heavy atom. The van der Waals surface area contributed by atoms with Crippen LogP contribution in [0, 0.1) is 0 Å². The van der Waals surface area contributed by atoms with Crippen LogP contribution in [-0.4, -0.2) is 4.99 Å². The van der Waals surface area contributed by atoms with Gasteiger partial charge in [-0.05, 0) is 17.7 Å². The number of hydrogen-bond acceptors (Lipinski definition) is 2. The molecule has 0 spiro atoms. The molecule has 0 aliphatic carbocycles. The molecule has 0 amide bonds. The molecule has 2 N–H and O–H groups in total. The van der Waals surface area contributed by atoms with Gasteiger partial charge in [0, 0.05) is 6.42 Å². The van der Waals surface area contributed by atoms with Crippen LogP contribution in [0.25, 0.3) is 0 Å². The van der Waals surface area contributed by atoms with Crippen molar-refractivity contribution in [2.75, 3.05) is 10.6 Å². The van der Waals surface area contributed by atoms with Gasteiger partial charge in [-0.2, -0.15) is 0 Å². The van der Waals surface area contributed by atoms with Crippen LogP contribution in [0.15, 0.2) is 54.6 Å². The maximum Gasteiger partial charge on any atom is 0.0821 e. The van der Waals surface area contributed by atoms with Crippen LogP contribution in [-0.2, 0) is 0 Å². The van der Waals surface area contributed by atoms with Crippen LogP contribution >= 0.6 is 12.2 Å². The van der Waals surface area contributed by atoms with Crippen molar-refractivity contribution >= 4 is 28.6 Å². The molecule has 0 saturated carbocycles. The Labute approximate surface area is 112 Å². The average molecular weight is 254 g/mol. The molecule has 1 unspecified atom stereocenters. The van der Waals surface area contributed by atoms with E-state index in [1.54, 1.807) is 0 Å². The van der Waals surface area contributed by atoms with E-state index in [-0.39, 0.29) is 6.04 Å². The highest BCUT2D eigenvalue weighted by Gasteiger charge is 2.19. The smallest absolute Gasteiger partial charge is 0.0821 e. The number of benzene rings is 2. The minimum Gasteiger partial charge on any atom is -0.376 e. The lowest BCUT2D eigenvalue weighted by molar-refractivity contribution is 0.833. The van der Waals surface area contributed by atoms with Gasteiger partial charge in [0.25, 0.3) is 0 Å². The third kappa shape index (κ3) is 2.22. The van der Waals surface area contributed by atoms with E-state index in [4.69, 9.17) is 12.2 Å². The molecule has 3 heteroatoms. The van der Waals surface area contributed by atoms with E-state index in [0.717, 1.165) is 22.8 Å². The lowest BCUT2D eigenvalue weighted by Crippen LogP contribution is -2.14. The Bertz CT molecular complexity index is 566. The minimum atomic E-state index is 0.231. The second-order valence-corrected chi connectivity index (χ2v) is 4.90. The van der Waals surface area contributed by atoms with Crippen LogP contribution in [0.5, 0.6) is 0 Å². The van der Waals surface area contributed by atoms with E-state index >= 15 is 0 Å². The molecule has 1 aliphatic heterocycles.